The summed E-state index contributed by atoms with van der Waals surface area (Å²) in [4.78, 5) is 2.71. The molecule has 1 saturated heterocycles. The van der Waals surface area contributed by atoms with E-state index in [2.05, 4.69) is 37.9 Å². The van der Waals surface area contributed by atoms with Crippen LogP contribution in [0.1, 0.15) is 66.2 Å². The highest BCUT2D eigenvalue weighted by molar-refractivity contribution is 4.80. The first kappa shape index (κ1) is 16.0. The van der Waals surface area contributed by atoms with E-state index in [0.717, 1.165) is 12.5 Å². The highest BCUT2D eigenvalue weighted by atomic mass is 15.2. The summed E-state index contributed by atoms with van der Waals surface area (Å²) in [6.45, 7) is 13.1. The van der Waals surface area contributed by atoms with E-state index in [1.807, 2.05) is 0 Å². The normalized spacial score (nSPS) is 25.7. The highest BCUT2D eigenvalue weighted by Gasteiger charge is 2.23. The first-order valence-electron chi connectivity index (χ1n) is 8.16. The van der Waals surface area contributed by atoms with Crippen LogP contribution in [0.25, 0.3) is 0 Å². The topological polar surface area (TPSA) is 15.3 Å². The predicted octanol–water partition coefficient (Wildman–Crippen LogP) is 3.67. The molecule has 1 aliphatic heterocycles. The monoisotopic (exact) mass is 254 g/mol. The molecule has 1 heterocycles. The molecule has 1 aliphatic rings. The lowest BCUT2D eigenvalue weighted by atomic mass is 9.96. The predicted molar refractivity (Wildman–Crippen MR) is 81.0 cm³/mol. The van der Waals surface area contributed by atoms with Gasteiger partial charge in [0.25, 0.3) is 0 Å². The summed E-state index contributed by atoms with van der Waals surface area (Å²) in [6, 6.07) is 1.30. The van der Waals surface area contributed by atoms with Gasteiger partial charge in [-0.25, -0.2) is 0 Å². The molecule has 3 atom stereocenters. The van der Waals surface area contributed by atoms with Gasteiger partial charge in [-0.3, -0.25) is 4.90 Å². The molecule has 0 bridgehead atoms. The van der Waals surface area contributed by atoms with Gasteiger partial charge in [0.05, 0.1) is 0 Å². The van der Waals surface area contributed by atoms with Gasteiger partial charge in [-0.05, 0) is 65.1 Å². The molecule has 2 nitrogen and oxygen atoms in total. The molecule has 108 valence electrons. The molecule has 1 N–H and O–H groups in total. The summed E-state index contributed by atoms with van der Waals surface area (Å²) >= 11 is 0. The lowest BCUT2D eigenvalue weighted by Crippen LogP contribution is -2.47. The molecule has 3 unspecified atom stereocenters. The molecule has 0 aromatic heterocycles. The molecular formula is C16H34N2. The van der Waals surface area contributed by atoms with Gasteiger partial charge in [-0.15, -0.1) is 0 Å². The second-order valence-electron chi connectivity index (χ2n) is 6.10. The van der Waals surface area contributed by atoms with Gasteiger partial charge in [0, 0.05) is 12.1 Å². The van der Waals surface area contributed by atoms with Gasteiger partial charge in [0.15, 0.2) is 0 Å². The van der Waals surface area contributed by atoms with E-state index in [0.29, 0.717) is 12.1 Å². The van der Waals surface area contributed by atoms with Crippen LogP contribution in [0.2, 0.25) is 0 Å². The van der Waals surface area contributed by atoms with Gasteiger partial charge in [-0.1, -0.05) is 26.7 Å². The van der Waals surface area contributed by atoms with Crippen LogP contribution in [0.5, 0.6) is 0 Å². The molecule has 0 aromatic rings. The summed E-state index contributed by atoms with van der Waals surface area (Å²) in [7, 11) is 0. The zero-order chi connectivity index (χ0) is 13.4. The molecule has 0 aliphatic carbocycles. The summed E-state index contributed by atoms with van der Waals surface area (Å²) in [5.41, 5.74) is 0. The number of nitrogens with one attached hydrogen (secondary N) is 1. The second kappa shape index (κ2) is 8.92. The van der Waals surface area contributed by atoms with Crippen LogP contribution in [0, 0.1) is 5.92 Å². The Morgan fingerprint density at radius 3 is 2.56 bits per heavy atom. The van der Waals surface area contributed by atoms with Crippen molar-refractivity contribution in [1.82, 2.24) is 10.2 Å². The maximum atomic E-state index is 3.64. The van der Waals surface area contributed by atoms with Gasteiger partial charge < -0.3 is 5.32 Å². The quantitative estimate of drug-likeness (QED) is 0.746. The van der Waals surface area contributed by atoms with Crippen molar-refractivity contribution < 1.29 is 0 Å². The summed E-state index contributed by atoms with van der Waals surface area (Å²) < 4.78 is 0. The number of rotatable bonds is 7. The van der Waals surface area contributed by atoms with Crippen LogP contribution in [-0.4, -0.2) is 36.6 Å². The van der Waals surface area contributed by atoms with Crippen LogP contribution in [0.15, 0.2) is 0 Å². The third kappa shape index (κ3) is 5.27. The maximum absolute atomic E-state index is 3.64. The van der Waals surface area contributed by atoms with Crippen LogP contribution in [-0.2, 0) is 0 Å². The Morgan fingerprint density at radius 1 is 1.11 bits per heavy atom. The largest absolute Gasteiger partial charge is 0.313 e. The van der Waals surface area contributed by atoms with Gasteiger partial charge >= 0.3 is 0 Å². The minimum Gasteiger partial charge on any atom is -0.313 e. The van der Waals surface area contributed by atoms with Crippen LogP contribution in [0.4, 0.5) is 0 Å². The molecule has 0 radical (unpaired) electrons. The van der Waals surface area contributed by atoms with Crippen molar-refractivity contribution in [2.24, 2.45) is 5.92 Å². The number of likely N-dealkylation sites (tertiary alicyclic amines) is 1. The van der Waals surface area contributed by atoms with Crippen molar-refractivity contribution in [2.75, 3.05) is 19.6 Å². The number of hydrogen-bond acceptors (Lipinski definition) is 2. The Morgan fingerprint density at radius 2 is 1.89 bits per heavy atom. The smallest absolute Gasteiger partial charge is 0.0218 e. The van der Waals surface area contributed by atoms with E-state index in [9.17, 15) is 0 Å². The molecule has 0 saturated carbocycles. The van der Waals surface area contributed by atoms with Crippen LogP contribution >= 0.6 is 0 Å². The fourth-order valence-corrected chi connectivity index (χ4v) is 3.15. The Kier molecular flexibility index (Phi) is 7.92. The lowest BCUT2D eigenvalue weighted by molar-refractivity contribution is 0.178. The third-order valence-corrected chi connectivity index (χ3v) is 4.60. The standard InChI is InChI=1S/C16H34N2/c1-5-8-16-9-7-12-18(13-10-16)15(4)14(3)17-11-6-2/h14-17H,5-13H2,1-4H3. The van der Waals surface area contributed by atoms with E-state index in [4.69, 9.17) is 0 Å². The van der Waals surface area contributed by atoms with E-state index in [-0.39, 0.29) is 0 Å². The third-order valence-electron chi connectivity index (χ3n) is 4.60. The molecule has 18 heavy (non-hydrogen) atoms. The Balaban J connectivity index is 2.36. The minimum atomic E-state index is 0.618. The van der Waals surface area contributed by atoms with Crippen molar-refractivity contribution in [2.45, 2.75) is 78.3 Å². The first-order chi connectivity index (χ1) is 8.69. The number of nitrogens with zero attached hydrogens (tertiary/aromatic N) is 1. The molecule has 0 aromatic carbocycles. The first-order valence-corrected chi connectivity index (χ1v) is 8.16. The Hall–Kier alpha value is -0.0800. The summed E-state index contributed by atoms with van der Waals surface area (Å²) in [6.07, 6.45) is 8.29. The SMILES string of the molecule is CCCNC(C)C(C)N1CCCC(CCC)CC1. The summed E-state index contributed by atoms with van der Waals surface area (Å²) in [5, 5.41) is 3.64. The van der Waals surface area contributed by atoms with Crippen molar-refractivity contribution in [3.63, 3.8) is 0 Å². The summed E-state index contributed by atoms with van der Waals surface area (Å²) in [5.74, 6) is 0.992. The van der Waals surface area contributed by atoms with Crippen molar-refractivity contribution in [1.29, 1.82) is 0 Å². The molecule has 0 spiro atoms. The Labute approximate surface area is 115 Å². The number of hydrogen-bond donors (Lipinski definition) is 1. The molecule has 0 amide bonds. The average molecular weight is 254 g/mol. The molecular weight excluding hydrogens is 220 g/mol. The lowest BCUT2D eigenvalue weighted by Gasteiger charge is -2.32. The van der Waals surface area contributed by atoms with E-state index >= 15 is 0 Å². The molecule has 2 heteroatoms. The Bertz CT molecular complexity index is 205. The fourth-order valence-electron chi connectivity index (χ4n) is 3.15. The van der Waals surface area contributed by atoms with E-state index < -0.39 is 0 Å². The van der Waals surface area contributed by atoms with Crippen molar-refractivity contribution in [3.8, 4) is 0 Å². The average Bonchev–Trinajstić information content (AvgIpc) is 2.61. The fraction of sp³-hybridized carbons (Fsp3) is 1.00. The maximum Gasteiger partial charge on any atom is 0.0218 e. The second-order valence-corrected chi connectivity index (χ2v) is 6.10. The highest BCUT2D eigenvalue weighted by Crippen LogP contribution is 2.23. The van der Waals surface area contributed by atoms with Crippen molar-refractivity contribution >= 4 is 0 Å². The van der Waals surface area contributed by atoms with Crippen LogP contribution in [0.3, 0.4) is 0 Å². The van der Waals surface area contributed by atoms with Gasteiger partial charge in [0.2, 0.25) is 0 Å². The zero-order valence-corrected chi connectivity index (χ0v) is 13.0. The van der Waals surface area contributed by atoms with Crippen LogP contribution < -0.4 is 5.32 Å². The minimum absolute atomic E-state index is 0.618. The van der Waals surface area contributed by atoms with Gasteiger partial charge in [0.1, 0.15) is 0 Å². The molecule has 1 fully saturated rings. The zero-order valence-electron chi connectivity index (χ0n) is 13.0. The van der Waals surface area contributed by atoms with E-state index in [1.54, 1.807) is 0 Å². The molecule has 1 rings (SSSR count). The van der Waals surface area contributed by atoms with E-state index in [1.165, 1.54) is 51.6 Å². The van der Waals surface area contributed by atoms with Gasteiger partial charge in [-0.2, -0.15) is 0 Å². The van der Waals surface area contributed by atoms with Crippen molar-refractivity contribution in [3.05, 3.63) is 0 Å².